The number of rotatable bonds is 6. The fourth-order valence-electron chi connectivity index (χ4n) is 2.04. The Morgan fingerprint density at radius 2 is 1.85 bits per heavy atom. The van der Waals surface area contributed by atoms with Gasteiger partial charge in [-0.05, 0) is 42.5 Å². The van der Waals surface area contributed by atoms with Crippen molar-refractivity contribution in [2.45, 2.75) is 20.3 Å². The maximum atomic E-state index is 12.1. The van der Waals surface area contributed by atoms with Crippen LogP contribution in [0.1, 0.15) is 36.2 Å². The molecule has 0 saturated carbocycles. The van der Waals surface area contributed by atoms with E-state index in [9.17, 15) is 14.4 Å². The number of nitrogens with one attached hydrogen (secondary N) is 2. The molecule has 0 radical (unpaired) electrons. The summed E-state index contributed by atoms with van der Waals surface area (Å²) in [5.74, 6) is -0.619. The molecule has 2 rings (SSSR count). The summed E-state index contributed by atoms with van der Waals surface area (Å²) < 4.78 is 6.02. The van der Waals surface area contributed by atoms with Gasteiger partial charge in [-0.3, -0.25) is 14.4 Å². The highest BCUT2D eigenvalue weighted by atomic mass is 79.9. The van der Waals surface area contributed by atoms with E-state index < -0.39 is 5.91 Å². The molecule has 8 heteroatoms. The predicted molar refractivity (Wildman–Crippen MR) is 106 cm³/mol. The number of benzene rings is 2. The van der Waals surface area contributed by atoms with E-state index in [1.165, 1.54) is 13.1 Å². The summed E-state index contributed by atoms with van der Waals surface area (Å²) in [5, 5.41) is 6.54. The number of hydrogen-bond donors (Lipinski definition) is 2. The molecule has 0 aromatic heterocycles. The number of nitrogens with zero attached hydrogens (tertiary/aromatic N) is 1. The normalized spacial score (nSPS) is 10.5. The van der Waals surface area contributed by atoms with Crippen molar-refractivity contribution in [3.63, 3.8) is 0 Å². The van der Waals surface area contributed by atoms with Crippen LogP contribution in [0.5, 0.6) is 5.75 Å². The molecule has 0 aliphatic carbocycles. The van der Waals surface area contributed by atoms with Gasteiger partial charge in [0, 0.05) is 34.6 Å². The van der Waals surface area contributed by atoms with Gasteiger partial charge in [0.25, 0.3) is 5.91 Å². The molecule has 0 aliphatic heterocycles. The highest BCUT2D eigenvalue weighted by Crippen LogP contribution is 2.22. The quantitative estimate of drug-likeness (QED) is 0.316. The number of hydrogen-bond acceptors (Lipinski definition) is 5. The standard InChI is InChI=1S/C19H18BrN3O4/c1-3-18(25)27-17-9-6-15(20)10-14(17)11-21-23-19(26)13-4-7-16(8-5-13)22-12(2)24/h4-11H,3H2,1-2H3,(H,22,24)(H,23,26)/b21-11+. The number of esters is 1. The van der Waals surface area contributed by atoms with Crippen LogP contribution in [0.3, 0.4) is 0 Å². The van der Waals surface area contributed by atoms with Gasteiger partial charge in [0.1, 0.15) is 5.75 Å². The Morgan fingerprint density at radius 1 is 1.15 bits per heavy atom. The number of halogens is 1. The fourth-order valence-corrected chi connectivity index (χ4v) is 2.42. The molecule has 140 valence electrons. The summed E-state index contributed by atoms with van der Waals surface area (Å²) in [5.41, 5.74) is 3.92. The first-order valence-corrected chi connectivity index (χ1v) is 8.89. The van der Waals surface area contributed by atoms with Crippen molar-refractivity contribution < 1.29 is 19.1 Å². The van der Waals surface area contributed by atoms with Gasteiger partial charge >= 0.3 is 5.97 Å². The SMILES string of the molecule is CCC(=O)Oc1ccc(Br)cc1/C=N/NC(=O)c1ccc(NC(C)=O)cc1. The Bertz CT molecular complexity index is 879. The monoisotopic (exact) mass is 431 g/mol. The summed E-state index contributed by atoms with van der Waals surface area (Å²) in [6, 6.07) is 11.5. The van der Waals surface area contributed by atoms with Crippen LogP contribution in [-0.2, 0) is 9.59 Å². The first-order valence-electron chi connectivity index (χ1n) is 8.10. The third-order valence-electron chi connectivity index (χ3n) is 3.32. The number of carbonyl (C=O) groups excluding carboxylic acids is 3. The van der Waals surface area contributed by atoms with Crippen molar-refractivity contribution >= 4 is 45.6 Å². The van der Waals surface area contributed by atoms with Crippen LogP contribution in [0.2, 0.25) is 0 Å². The Kier molecular flexibility index (Phi) is 7.25. The second kappa shape index (κ2) is 9.63. The van der Waals surface area contributed by atoms with Gasteiger partial charge in [-0.2, -0.15) is 5.10 Å². The first kappa shape index (κ1) is 20.3. The highest BCUT2D eigenvalue weighted by molar-refractivity contribution is 9.10. The smallest absolute Gasteiger partial charge is 0.310 e. The second-order valence-electron chi connectivity index (χ2n) is 5.47. The van der Waals surface area contributed by atoms with Crippen LogP contribution in [0, 0.1) is 0 Å². The van der Waals surface area contributed by atoms with Crippen molar-refractivity contribution in [2.24, 2.45) is 5.10 Å². The fraction of sp³-hybridized carbons (Fsp3) is 0.158. The molecule has 0 fully saturated rings. The van der Waals surface area contributed by atoms with Gasteiger partial charge < -0.3 is 10.1 Å². The number of hydrazone groups is 1. The maximum Gasteiger partial charge on any atom is 0.310 e. The molecule has 0 saturated heterocycles. The van der Waals surface area contributed by atoms with Gasteiger partial charge in [0.2, 0.25) is 5.91 Å². The van der Waals surface area contributed by atoms with Crippen LogP contribution < -0.4 is 15.5 Å². The van der Waals surface area contributed by atoms with E-state index in [1.807, 2.05) is 0 Å². The summed E-state index contributed by atoms with van der Waals surface area (Å²) in [6.07, 6.45) is 1.64. The van der Waals surface area contributed by atoms with E-state index >= 15 is 0 Å². The van der Waals surface area contributed by atoms with E-state index in [1.54, 1.807) is 49.4 Å². The highest BCUT2D eigenvalue weighted by Gasteiger charge is 2.08. The topological polar surface area (TPSA) is 96.9 Å². The molecule has 0 atom stereocenters. The average molecular weight is 432 g/mol. The zero-order valence-corrected chi connectivity index (χ0v) is 16.4. The van der Waals surface area contributed by atoms with E-state index in [0.29, 0.717) is 22.6 Å². The van der Waals surface area contributed by atoms with Crippen molar-refractivity contribution in [3.05, 3.63) is 58.1 Å². The summed E-state index contributed by atoms with van der Waals surface area (Å²) in [7, 11) is 0. The Labute approximate surface area is 164 Å². The third-order valence-corrected chi connectivity index (χ3v) is 3.81. The minimum Gasteiger partial charge on any atom is -0.426 e. The van der Waals surface area contributed by atoms with Crippen LogP contribution in [0.4, 0.5) is 5.69 Å². The molecular weight excluding hydrogens is 414 g/mol. The average Bonchev–Trinajstić information content (AvgIpc) is 2.63. The van der Waals surface area contributed by atoms with E-state index in [0.717, 1.165) is 4.47 Å². The molecule has 0 spiro atoms. The van der Waals surface area contributed by atoms with Crippen molar-refractivity contribution in [1.29, 1.82) is 0 Å². The molecule has 2 N–H and O–H groups in total. The number of carbonyl (C=O) groups is 3. The predicted octanol–water partition coefficient (Wildman–Crippen LogP) is 3.49. The van der Waals surface area contributed by atoms with Crippen LogP contribution in [0.25, 0.3) is 0 Å². The van der Waals surface area contributed by atoms with Crippen LogP contribution in [0.15, 0.2) is 52.0 Å². The van der Waals surface area contributed by atoms with E-state index in [2.05, 4.69) is 31.8 Å². The van der Waals surface area contributed by atoms with Crippen LogP contribution in [-0.4, -0.2) is 24.0 Å². The summed E-state index contributed by atoms with van der Waals surface area (Å²) >= 11 is 3.34. The van der Waals surface area contributed by atoms with Gasteiger partial charge in [0.15, 0.2) is 0 Å². The lowest BCUT2D eigenvalue weighted by Crippen LogP contribution is -2.17. The van der Waals surface area contributed by atoms with Gasteiger partial charge in [-0.1, -0.05) is 22.9 Å². The lowest BCUT2D eigenvalue weighted by Gasteiger charge is -2.07. The van der Waals surface area contributed by atoms with Crippen LogP contribution >= 0.6 is 15.9 Å². The molecule has 0 bridgehead atoms. The number of ether oxygens (including phenoxy) is 1. The largest absolute Gasteiger partial charge is 0.426 e. The van der Waals surface area contributed by atoms with Gasteiger partial charge in [-0.25, -0.2) is 5.43 Å². The molecule has 2 amide bonds. The number of anilines is 1. The lowest BCUT2D eigenvalue weighted by molar-refractivity contribution is -0.134. The molecular formula is C19H18BrN3O4. The van der Waals surface area contributed by atoms with Crippen molar-refractivity contribution in [2.75, 3.05) is 5.32 Å². The first-order chi connectivity index (χ1) is 12.9. The minimum atomic E-state index is -0.414. The zero-order chi connectivity index (χ0) is 19.8. The van der Waals surface area contributed by atoms with Gasteiger partial charge in [-0.15, -0.1) is 0 Å². The summed E-state index contributed by atoms with van der Waals surface area (Å²) in [6.45, 7) is 3.11. The molecule has 0 heterocycles. The van der Waals surface area contributed by atoms with E-state index in [-0.39, 0.29) is 18.3 Å². The maximum absolute atomic E-state index is 12.1. The van der Waals surface area contributed by atoms with Gasteiger partial charge in [0.05, 0.1) is 6.21 Å². The van der Waals surface area contributed by atoms with Crippen molar-refractivity contribution in [3.8, 4) is 5.75 Å². The number of amides is 2. The Balaban J connectivity index is 2.06. The molecule has 7 nitrogen and oxygen atoms in total. The molecule has 2 aromatic rings. The van der Waals surface area contributed by atoms with E-state index in [4.69, 9.17) is 4.74 Å². The van der Waals surface area contributed by atoms with Crippen molar-refractivity contribution in [1.82, 2.24) is 5.43 Å². The molecule has 0 aliphatic rings. The summed E-state index contributed by atoms with van der Waals surface area (Å²) in [4.78, 5) is 34.6. The second-order valence-corrected chi connectivity index (χ2v) is 6.38. The molecule has 0 unspecified atom stereocenters. The molecule has 27 heavy (non-hydrogen) atoms. The Hall–Kier alpha value is -3.00. The Morgan fingerprint density at radius 3 is 2.48 bits per heavy atom. The lowest BCUT2D eigenvalue weighted by atomic mass is 10.2. The molecule has 2 aromatic carbocycles. The minimum absolute atomic E-state index is 0.189. The zero-order valence-electron chi connectivity index (χ0n) is 14.8. The third kappa shape index (κ3) is 6.34.